The predicted molar refractivity (Wildman–Crippen MR) is 82.9 cm³/mol. The second kappa shape index (κ2) is 5.58. The standard InChI is InChI=1S/C16H26N4/c1-3-14-18-15(17)11(2)16(19-14)20-10-6-8-12-7-4-5-9-13(12)20/h12-13H,3-10H2,1-2H3,(H2,17,18,19). The number of nitrogen functional groups attached to an aromatic ring is 1. The van der Waals surface area contributed by atoms with Gasteiger partial charge in [-0.2, -0.15) is 0 Å². The lowest BCUT2D eigenvalue weighted by atomic mass is 9.78. The molecule has 3 rings (SSSR count). The van der Waals surface area contributed by atoms with Crippen LogP contribution < -0.4 is 10.6 Å². The molecule has 2 atom stereocenters. The second-order valence-corrected chi connectivity index (χ2v) is 6.27. The van der Waals surface area contributed by atoms with E-state index in [0.29, 0.717) is 11.9 Å². The maximum Gasteiger partial charge on any atom is 0.137 e. The van der Waals surface area contributed by atoms with Gasteiger partial charge in [-0.15, -0.1) is 0 Å². The Morgan fingerprint density at radius 1 is 1.15 bits per heavy atom. The van der Waals surface area contributed by atoms with Gasteiger partial charge in [0.25, 0.3) is 0 Å². The van der Waals surface area contributed by atoms with Gasteiger partial charge in [0.1, 0.15) is 17.5 Å². The first-order chi connectivity index (χ1) is 9.70. The Morgan fingerprint density at radius 3 is 2.70 bits per heavy atom. The number of nitrogens with zero attached hydrogens (tertiary/aromatic N) is 3. The molecule has 1 saturated carbocycles. The summed E-state index contributed by atoms with van der Waals surface area (Å²) in [4.78, 5) is 11.7. The topological polar surface area (TPSA) is 55.0 Å². The summed E-state index contributed by atoms with van der Waals surface area (Å²) in [5.41, 5.74) is 7.16. The van der Waals surface area contributed by atoms with Crippen molar-refractivity contribution < 1.29 is 0 Å². The van der Waals surface area contributed by atoms with Crippen molar-refractivity contribution in [2.24, 2.45) is 5.92 Å². The Bertz CT molecular complexity index is 484. The monoisotopic (exact) mass is 274 g/mol. The smallest absolute Gasteiger partial charge is 0.137 e. The number of aromatic nitrogens is 2. The summed E-state index contributed by atoms with van der Waals surface area (Å²) in [5, 5.41) is 0. The van der Waals surface area contributed by atoms with Crippen LogP contribution in [0.1, 0.15) is 56.8 Å². The zero-order valence-electron chi connectivity index (χ0n) is 12.7. The molecule has 0 spiro atoms. The van der Waals surface area contributed by atoms with Crippen LogP contribution in [0.5, 0.6) is 0 Å². The van der Waals surface area contributed by atoms with Crippen molar-refractivity contribution in [3.8, 4) is 0 Å². The SMILES string of the molecule is CCc1nc(N)c(C)c(N2CCCC3CCCCC32)n1. The molecule has 4 heteroatoms. The minimum Gasteiger partial charge on any atom is -0.383 e. The van der Waals surface area contributed by atoms with E-state index in [1.807, 2.05) is 0 Å². The van der Waals surface area contributed by atoms with Crippen molar-refractivity contribution in [3.05, 3.63) is 11.4 Å². The van der Waals surface area contributed by atoms with E-state index < -0.39 is 0 Å². The normalized spacial score (nSPS) is 26.4. The molecule has 1 aliphatic heterocycles. The molecule has 0 aromatic carbocycles. The van der Waals surface area contributed by atoms with Gasteiger partial charge in [0.2, 0.25) is 0 Å². The molecule has 1 aromatic rings. The summed E-state index contributed by atoms with van der Waals surface area (Å²) >= 11 is 0. The van der Waals surface area contributed by atoms with Crippen LogP contribution in [0.2, 0.25) is 0 Å². The molecule has 20 heavy (non-hydrogen) atoms. The van der Waals surface area contributed by atoms with Gasteiger partial charge >= 0.3 is 0 Å². The third-order valence-electron chi connectivity index (χ3n) is 5.04. The molecule has 2 heterocycles. The highest BCUT2D eigenvalue weighted by atomic mass is 15.2. The summed E-state index contributed by atoms with van der Waals surface area (Å²) in [5.74, 6) is 3.50. The van der Waals surface area contributed by atoms with E-state index in [0.717, 1.165) is 36.1 Å². The van der Waals surface area contributed by atoms with Crippen molar-refractivity contribution in [3.63, 3.8) is 0 Å². The zero-order chi connectivity index (χ0) is 14.1. The van der Waals surface area contributed by atoms with Gasteiger partial charge in [-0.25, -0.2) is 9.97 Å². The molecule has 1 aliphatic carbocycles. The Morgan fingerprint density at radius 2 is 1.90 bits per heavy atom. The fraction of sp³-hybridized carbons (Fsp3) is 0.750. The van der Waals surface area contributed by atoms with E-state index >= 15 is 0 Å². The van der Waals surface area contributed by atoms with Crippen molar-refractivity contribution in [1.82, 2.24) is 9.97 Å². The fourth-order valence-corrected chi connectivity index (χ4v) is 3.89. The molecule has 110 valence electrons. The third kappa shape index (κ3) is 2.36. The van der Waals surface area contributed by atoms with Crippen LogP contribution in [0.4, 0.5) is 11.6 Å². The molecule has 2 fully saturated rings. The van der Waals surface area contributed by atoms with Gasteiger partial charge in [0.15, 0.2) is 0 Å². The number of hydrogen-bond acceptors (Lipinski definition) is 4. The highest BCUT2D eigenvalue weighted by molar-refractivity contribution is 5.57. The number of aryl methyl sites for hydroxylation is 1. The van der Waals surface area contributed by atoms with E-state index in [9.17, 15) is 0 Å². The van der Waals surface area contributed by atoms with Gasteiger partial charge in [-0.3, -0.25) is 0 Å². The number of piperidine rings is 1. The highest BCUT2D eigenvalue weighted by Crippen LogP contribution is 2.38. The lowest BCUT2D eigenvalue weighted by molar-refractivity contribution is 0.242. The van der Waals surface area contributed by atoms with Crippen LogP contribution in [0.15, 0.2) is 0 Å². The predicted octanol–water partition coefficient (Wildman–Crippen LogP) is 3.09. The molecule has 1 aromatic heterocycles. The molecule has 0 radical (unpaired) electrons. The van der Waals surface area contributed by atoms with Gasteiger partial charge in [-0.1, -0.05) is 19.8 Å². The second-order valence-electron chi connectivity index (χ2n) is 6.27. The van der Waals surface area contributed by atoms with Crippen LogP contribution in [-0.4, -0.2) is 22.6 Å². The Labute approximate surface area is 121 Å². The van der Waals surface area contributed by atoms with E-state index in [-0.39, 0.29) is 0 Å². The van der Waals surface area contributed by atoms with Crippen molar-refractivity contribution in [2.45, 2.75) is 64.8 Å². The van der Waals surface area contributed by atoms with Crippen LogP contribution in [0.3, 0.4) is 0 Å². The summed E-state index contributed by atoms with van der Waals surface area (Å²) in [6.07, 6.45) is 8.99. The molecule has 4 nitrogen and oxygen atoms in total. The molecular formula is C16H26N4. The Kier molecular flexibility index (Phi) is 3.81. The van der Waals surface area contributed by atoms with Crippen LogP contribution in [-0.2, 0) is 6.42 Å². The molecule has 2 unspecified atom stereocenters. The average Bonchev–Trinajstić information content (AvgIpc) is 2.49. The number of fused-ring (bicyclic) bond motifs is 1. The van der Waals surface area contributed by atoms with Gasteiger partial charge in [-0.05, 0) is 38.5 Å². The highest BCUT2D eigenvalue weighted by Gasteiger charge is 2.34. The lowest BCUT2D eigenvalue weighted by Crippen LogP contribution is -2.47. The van der Waals surface area contributed by atoms with Crippen molar-refractivity contribution >= 4 is 11.6 Å². The summed E-state index contributed by atoms with van der Waals surface area (Å²) in [6.45, 7) is 5.28. The minimum absolute atomic E-state index is 0.657. The van der Waals surface area contributed by atoms with Crippen LogP contribution in [0, 0.1) is 12.8 Å². The molecule has 2 aliphatic rings. The van der Waals surface area contributed by atoms with Crippen molar-refractivity contribution in [2.75, 3.05) is 17.2 Å². The van der Waals surface area contributed by atoms with Gasteiger partial charge < -0.3 is 10.6 Å². The number of nitrogens with two attached hydrogens (primary N) is 1. The Balaban J connectivity index is 1.96. The van der Waals surface area contributed by atoms with Crippen molar-refractivity contribution in [1.29, 1.82) is 0 Å². The first kappa shape index (κ1) is 13.7. The molecule has 1 saturated heterocycles. The van der Waals surface area contributed by atoms with E-state index in [1.165, 1.54) is 38.5 Å². The maximum atomic E-state index is 6.09. The first-order valence-corrected chi connectivity index (χ1v) is 8.10. The van der Waals surface area contributed by atoms with E-state index in [4.69, 9.17) is 10.7 Å². The zero-order valence-corrected chi connectivity index (χ0v) is 12.7. The maximum absolute atomic E-state index is 6.09. The summed E-state index contributed by atoms with van der Waals surface area (Å²) in [7, 11) is 0. The summed E-state index contributed by atoms with van der Waals surface area (Å²) < 4.78 is 0. The lowest BCUT2D eigenvalue weighted by Gasteiger charge is -2.45. The first-order valence-electron chi connectivity index (χ1n) is 8.10. The van der Waals surface area contributed by atoms with Crippen LogP contribution in [0.25, 0.3) is 0 Å². The number of rotatable bonds is 2. The Hall–Kier alpha value is -1.32. The van der Waals surface area contributed by atoms with Crippen LogP contribution >= 0.6 is 0 Å². The molecule has 2 N–H and O–H groups in total. The summed E-state index contributed by atoms with van der Waals surface area (Å²) in [6, 6.07) is 0.676. The van der Waals surface area contributed by atoms with Gasteiger partial charge in [0.05, 0.1) is 0 Å². The van der Waals surface area contributed by atoms with E-state index in [1.54, 1.807) is 0 Å². The number of anilines is 2. The minimum atomic E-state index is 0.657. The molecule has 0 amide bonds. The number of hydrogen-bond donors (Lipinski definition) is 1. The average molecular weight is 274 g/mol. The third-order valence-corrected chi connectivity index (χ3v) is 5.04. The fourth-order valence-electron chi connectivity index (χ4n) is 3.89. The largest absolute Gasteiger partial charge is 0.383 e. The molecule has 0 bridgehead atoms. The van der Waals surface area contributed by atoms with Gasteiger partial charge in [0, 0.05) is 24.6 Å². The van der Waals surface area contributed by atoms with E-state index in [2.05, 4.69) is 23.7 Å². The quantitative estimate of drug-likeness (QED) is 0.900. The molecular weight excluding hydrogens is 248 g/mol.